The molecule has 12 nitrogen and oxygen atoms in total. The van der Waals surface area contributed by atoms with Gasteiger partial charge in [0, 0.05) is 0 Å². The van der Waals surface area contributed by atoms with E-state index in [-0.39, 0.29) is 29.8 Å². The number of carbonyl (C=O) groups excluding carboxylic acids is 4. The van der Waals surface area contributed by atoms with Crippen molar-refractivity contribution in [2.45, 2.75) is 92.3 Å². The summed E-state index contributed by atoms with van der Waals surface area (Å²) in [7, 11) is 1.16. The Kier molecular flexibility index (Phi) is 13.5. The maximum absolute atomic E-state index is 12.5. The van der Waals surface area contributed by atoms with Crippen LogP contribution in [0.25, 0.3) is 0 Å². The van der Waals surface area contributed by atoms with E-state index in [1.54, 1.807) is 26.8 Å². The number of nitrogens with two attached hydrogens (primary N) is 1. The van der Waals surface area contributed by atoms with Crippen LogP contribution in [0, 0.1) is 11.8 Å². The van der Waals surface area contributed by atoms with Crippen LogP contribution in [-0.2, 0) is 34.9 Å². The van der Waals surface area contributed by atoms with E-state index in [9.17, 15) is 19.2 Å². The molecule has 0 fully saturated rings. The minimum absolute atomic E-state index is 0.0132. The molecule has 0 aliphatic carbocycles. The number of methoxy groups -OCH3 is 1. The van der Waals surface area contributed by atoms with Gasteiger partial charge in [-0.1, -0.05) is 33.8 Å². The van der Waals surface area contributed by atoms with E-state index in [4.69, 9.17) is 34.2 Å². The number of hydrogen-bond donors (Lipinski definition) is 1. The molecular formula is C27H41NO11. The molecule has 0 amide bonds. The summed E-state index contributed by atoms with van der Waals surface area (Å²) in [6, 6.07) is 3.22. The minimum atomic E-state index is -1.11. The van der Waals surface area contributed by atoms with E-state index in [0.29, 0.717) is 5.56 Å². The summed E-state index contributed by atoms with van der Waals surface area (Å²) in [6.45, 7) is 14.0. The van der Waals surface area contributed by atoms with Gasteiger partial charge in [-0.25, -0.2) is 14.4 Å². The lowest BCUT2D eigenvalue weighted by Gasteiger charge is -2.22. The van der Waals surface area contributed by atoms with Gasteiger partial charge in [0.1, 0.15) is 30.5 Å². The van der Waals surface area contributed by atoms with Gasteiger partial charge < -0.3 is 38.9 Å². The zero-order valence-corrected chi connectivity index (χ0v) is 24.0. The Bertz CT molecular complexity index is 978. The maximum atomic E-state index is 12.5. The normalized spacial score (nSPS) is 14.9. The first kappa shape index (κ1) is 33.5. The summed E-state index contributed by atoms with van der Waals surface area (Å²) in [5, 5.41) is 0. The van der Waals surface area contributed by atoms with Gasteiger partial charge in [0.2, 0.25) is 0 Å². The molecule has 0 bridgehead atoms. The van der Waals surface area contributed by atoms with E-state index >= 15 is 0 Å². The standard InChI is InChI=1S/C27H41NO11/c1-14(2)16(5)35-26(31)38-22-11-10-20(13-23(22)39-27(32)36-17(6)15(3)4)12-21(28)24(29)34-18(7)19(8)37-25(30)33-9/h10-11,13-19,21H,12,28H2,1-9H3/t16?,17?,18-,19-,21-/m0/s1. The molecule has 0 heterocycles. The molecule has 2 unspecified atom stereocenters. The molecule has 1 aromatic rings. The fourth-order valence-electron chi connectivity index (χ4n) is 2.65. The van der Waals surface area contributed by atoms with Gasteiger partial charge in [-0.3, -0.25) is 4.79 Å². The third-order valence-corrected chi connectivity index (χ3v) is 6.01. The molecule has 5 atom stereocenters. The van der Waals surface area contributed by atoms with E-state index in [2.05, 4.69) is 4.74 Å². The Hall–Kier alpha value is -3.54. The van der Waals surface area contributed by atoms with Crippen LogP contribution in [0.1, 0.15) is 61.0 Å². The highest BCUT2D eigenvalue weighted by molar-refractivity contribution is 5.76. The van der Waals surface area contributed by atoms with Crippen molar-refractivity contribution in [1.82, 2.24) is 0 Å². The lowest BCUT2D eigenvalue weighted by Crippen LogP contribution is -2.39. The summed E-state index contributed by atoms with van der Waals surface area (Å²) in [6.07, 6.45) is -5.32. The molecule has 2 N–H and O–H groups in total. The molecular weight excluding hydrogens is 514 g/mol. The highest BCUT2D eigenvalue weighted by Gasteiger charge is 2.26. The monoisotopic (exact) mass is 555 g/mol. The quantitative estimate of drug-likeness (QED) is 0.214. The predicted octanol–water partition coefficient (Wildman–Crippen LogP) is 4.78. The first-order chi connectivity index (χ1) is 18.1. The fraction of sp³-hybridized carbons (Fsp3) is 0.630. The van der Waals surface area contributed by atoms with Crippen LogP contribution in [0.15, 0.2) is 18.2 Å². The molecule has 220 valence electrons. The molecule has 1 rings (SSSR count). The first-order valence-electron chi connectivity index (χ1n) is 12.7. The predicted molar refractivity (Wildman–Crippen MR) is 139 cm³/mol. The molecule has 0 radical (unpaired) electrons. The Morgan fingerprint density at radius 2 is 1.13 bits per heavy atom. The lowest BCUT2D eigenvalue weighted by molar-refractivity contribution is -0.155. The van der Waals surface area contributed by atoms with Gasteiger partial charge in [-0.05, 0) is 63.6 Å². The van der Waals surface area contributed by atoms with Crippen LogP contribution in [0.5, 0.6) is 11.5 Å². The molecule has 0 saturated heterocycles. The second kappa shape index (κ2) is 15.8. The first-order valence-corrected chi connectivity index (χ1v) is 12.7. The Morgan fingerprint density at radius 1 is 0.667 bits per heavy atom. The zero-order chi connectivity index (χ0) is 29.9. The SMILES string of the molecule is COC(=O)O[C@@H](C)[C@H](C)OC(=O)[C@@H](N)Cc1ccc(OC(=O)OC(C)C(C)C)c(OC(=O)OC(C)C(C)C)c1. The lowest BCUT2D eigenvalue weighted by atomic mass is 10.1. The summed E-state index contributed by atoms with van der Waals surface area (Å²) in [5.41, 5.74) is 6.51. The van der Waals surface area contributed by atoms with Crippen LogP contribution in [0.4, 0.5) is 14.4 Å². The number of esters is 1. The molecule has 0 aliphatic heterocycles. The third-order valence-electron chi connectivity index (χ3n) is 6.01. The van der Waals surface area contributed by atoms with Crippen molar-refractivity contribution in [2.75, 3.05) is 7.11 Å². The molecule has 12 heteroatoms. The van der Waals surface area contributed by atoms with Crippen molar-refractivity contribution in [3.63, 3.8) is 0 Å². The summed E-state index contributed by atoms with van der Waals surface area (Å²) < 4.78 is 35.8. The molecule has 0 aliphatic rings. The van der Waals surface area contributed by atoms with Crippen molar-refractivity contribution in [1.29, 1.82) is 0 Å². The Labute approximate surface area is 229 Å². The van der Waals surface area contributed by atoms with Crippen molar-refractivity contribution in [3.05, 3.63) is 23.8 Å². The van der Waals surface area contributed by atoms with Crippen molar-refractivity contribution in [2.24, 2.45) is 17.6 Å². The number of hydrogen-bond acceptors (Lipinski definition) is 12. The fourth-order valence-corrected chi connectivity index (χ4v) is 2.65. The maximum Gasteiger partial charge on any atom is 0.514 e. The third kappa shape index (κ3) is 11.8. The van der Waals surface area contributed by atoms with Crippen LogP contribution >= 0.6 is 0 Å². The van der Waals surface area contributed by atoms with Crippen LogP contribution in [0.2, 0.25) is 0 Å². The molecule has 39 heavy (non-hydrogen) atoms. The molecule has 1 aromatic carbocycles. The van der Waals surface area contributed by atoms with Crippen molar-refractivity contribution < 1.29 is 52.3 Å². The molecule has 0 spiro atoms. The van der Waals surface area contributed by atoms with E-state index < -0.39 is 54.9 Å². The van der Waals surface area contributed by atoms with Gasteiger partial charge in [0.25, 0.3) is 0 Å². The number of benzene rings is 1. The van der Waals surface area contributed by atoms with Gasteiger partial charge in [-0.15, -0.1) is 0 Å². The number of carbonyl (C=O) groups is 4. The van der Waals surface area contributed by atoms with E-state index in [0.717, 1.165) is 7.11 Å². The van der Waals surface area contributed by atoms with Crippen molar-refractivity contribution in [3.8, 4) is 11.5 Å². The largest absolute Gasteiger partial charge is 0.514 e. The highest BCUT2D eigenvalue weighted by atomic mass is 16.8. The Morgan fingerprint density at radius 3 is 1.62 bits per heavy atom. The van der Waals surface area contributed by atoms with Gasteiger partial charge >= 0.3 is 24.4 Å². The summed E-state index contributed by atoms with van der Waals surface area (Å²) >= 11 is 0. The molecule has 0 aromatic heterocycles. The average Bonchev–Trinajstić information content (AvgIpc) is 2.84. The zero-order valence-electron chi connectivity index (χ0n) is 24.0. The molecule has 0 saturated carbocycles. The number of ether oxygens (including phenoxy) is 7. The highest BCUT2D eigenvalue weighted by Crippen LogP contribution is 2.30. The summed E-state index contributed by atoms with van der Waals surface area (Å²) in [5.74, 6) is -0.868. The number of rotatable bonds is 12. The van der Waals surface area contributed by atoms with Gasteiger partial charge in [-0.2, -0.15) is 0 Å². The second-order valence-corrected chi connectivity index (χ2v) is 9.85. The van der Waals surface area contributed by atoms with Crippen LogP contribution < -0.4 is 15.2 Å². The van der Waals surface area contributed by atoms with Crippen LogP contribution in [0.3, 0.4) is 0 Å². The van der Waals surface area contributed by atoms with Crippen molar-refractivity contribution >= 4 is 24.4 Å². The van der Waals surface area contributed by atoms with Gasteiger partial charge in [0.05, 0.1) is 7.11 Å². The topological polar surface area (TPSA) is 159 Å². The van der Waals surface area contributed by atoms with Gasteiger partial charge in [0.15, 0.2) is 11.5 Å². The minimum Gasteiger partial charge on any atom is -0.458 e. The van der Waals surface area contributed by atoms with E-state index in [1.807, 2.05) is 27.7 Å². The smallest absolute Gasteiger partial charge is 0.458 e. The summed E-state index contributed by atoms with van der Waals surface area (Å²) in [4.78, 5) is 48.5. The second-order valence-electron chi connectivity index (χ2n) is 9.85. The Balaban J connectivity index is 3.04. The van der Waals surface area contributed by atoms with E-state index in [1.165, 1.54) is 19.1 Å². The average molecular weight is 556 g/mol. The van der Waals surface area contributed by atoms with Crippen LogP contribution in [-0.4, -0.2) is 62.0 Å².